The molecule has 108 valence electrons. The van der Waals surface area contributed by atoms with Crippen LogP contribution in [0, 0.1) is 5.92 Å². The summed E-state index contributed by atoms with van der Waals surface area (Å²) in [6, 6.07) is 9.38. The maximum Gasteiger partial charge on any atom is 0.253 e. The van der Waals surface area contributed by atoms with Crippen molar-refractivity contribution in [1.29, 1.82) is 0 Å². The average molecular weight is 274 g/mol. The number of likely N-dealkylation sites (tertiary alicyclic amines) is 1. The SMILES string of the molecule is CCNC(=O)CC1CCN(C(=O)c2ccccc2)CC1. The molecule has 1 heterocycles. The second kappa shape index (κ2) is 7.08. The van der Waals surface area contributed by atoms with Gasteiger partial charge in [0.05, 0.1) is 0 Å². The predicted molar refractivity (Wildman–Crippen MR) is 78.4 cm³/mol. The van der Waals surface area contributed by atoms with E-state index in [2.05, 4.69) is 5.32 Å². The van der Waals surface area contributed by atoms with E-state index in [0.29, 0.717) is 18.9 Å². The zero-order valence-corrected chi connectivity index (χ0v) is 12.0. The summed E-state index contributed by atoms with van der Waals surface area (Å²) in [4.78, 5) is 25.7. The Labute approximate surface area is 120 Å². The first-order valence-corrected chi connectivity index (χ1v) is 7.31. The number of piperidine rings is 1. The number of nitrogens with zero attached hydrogens (tertiary/aromatic N) is 1. The molecular weight excluding hydrogens is 252 g/mol. The molecule has 2 rings (SSSR count). The molecular formula is C16H22N2O2. The fourth-order valence-corrected chi connectivity index (χ4v) is 2.64. The molecule has 0 spiro atoms. The summed E-state index contributed by atoms with van der Waals surface area (Å²) in [6.07, 6.45) is 2.41. The number of rotatable bonds is 4. The smallest absolute Gasteiger partial charge is 0.253 e. The van der Waals surface area contributed by atoms with E-state index in [-0.39, 0.29) is 11.8 Å². The Kier molecular flexibility index (Phi) is 5.16. The standard InChI is InChI=1S/C16H22N2O2/c1-2-17-15(19)12-13-8-10-18(11-9-13)16(20)14-6-4-3-5-7-14/h3-7,13H,2,8-12H2,1H3,(H,17,19). The molecule has 1 fully saturated rings. The van der Waals surface area contributed by atoms with Crippen molar-refractivity contribution in [2.75, 3.05) is 19.6 Å². The fraction of sp³-hybridized carbons (Fsp3) is 0.500. The molecule has 0 saturated carbocycles. The Hall–Kier alpha value is -1.84. The molecule has 0 bridgehead atoms. The third-order valence-electron chi connectivity index (χ3n) is 3.77. The van der Waals surface area contributed by atoms with Gasteiger partial charge in [-0.05, 0) is 37.8 Å². The summed E-state index contributed by atoms with van der Waals surface area (Å²) in [7, 11) is 0. The quantitative estimate of drug-likeness (QED) is 0.913. The minimum absolute atomic E-state index is 0.0991. The predicted octanol–water partition coefficient (Wildman–Crippen LogP) is 2.06. The molecule has 1 aliphatic heterocycles. The zero-order chi connectivity index (χ0) is 14.4. The van der Waals surface area contributed by atoms with Gasteiger partial charge >= 0.3 is 0 Å². The van der Waals surface area contributed by atoms with Gasteiger partial charge in [0.2, 0.25) is 5.91 Å². The lowest BCUT2D eigenvalue weighted by atomic mass is 9.93. The van der Waals surface area contributed by atoms with Crippen LogP contribution in [0.2, 0.25) is 0 Å². The molecule has 1 saturated heterocycles. The highest BCUT2D eigenvalue weighted by molar-refractivity contribution is 5.94. The highest BCUT2D eigenvalue weighted by atomic mass is 16.2. The van der Waals surface area contributed by atoms with Crippen molar-refractivity contribution in [3.63, 3.8) is 0 Å². The summed E-state index contributed by atoms with van der Waals surface area (Å²) >= 11 is 0. The van der Waals surface area contributed by atoms with Crippen LogP contribution < -0.4 is 5.32 Å². The van der Waals surface area contributed by atoms with E-state index in [1.807, 2.05) is 42.2 Å². The van der Waals surface area contributed by atoms with Crippen LogP contribution in [-0.4, -0.2) is 36.3 Å². The molecule has 0 radical (unpaired) electrons. The van der Waals surface area contributed by atoms with Crippen molar-refractivity contribution >= 4 is 11.8 Å². The number of benzene rings is 1. The monoisotopic (exact) mass is 274 g/mol. The van der Waals surface area contributed by atoms with Gasteiger partial charge in [-0.15, -0.1) is 0 Å². The van der Waals surface area contributed by atoms with Gasteiger partial charge in [-0.25, -0.2) is 0 Å². The molecule has 0 aromatic heterocycles. The molecule has 1 aromatic rings. The Morgan fingerprint density at radius 1 is 1.20 bits per heavy atom. The van der Waals surface area contributed by atoms with Crippen LogP contribution in [0.4, 0.5) is 0 Å². The maximum atomic E-state index is 12.3. The normalized spacial score (nSPS) is 15.9. The van der Waals surface area contributed by atoms with Gasteiger partial charge in [-0.1, -0.05) is 18.2 Å². The van der Waals surface area contributed by atoms with Gasteiger partial charge in [0, 0.05) is 31.6 Å². The van der Waals surface area contributed by atoms with Gasteiger partial charge in [0.15, 0.2) is 0 Å². The number of carbonyl (C=O) groups is 2. The Balaban J connectivity index is 1.82. The van der Waals surface area contributed by atoms with Crippen LogP contribution in [0.5, 0.6) is 0 Å². The average Bonchev–Trinajstić information content (AvgIpc) is 2.48. The Bertz CT molecular complexity index is 451. The van der Waals surface area contributed by atoms with E-state index in [4.69, 9.17) is 0 Å². The second-order valence-corrected chi connectivity index (χ2v) is 5.26. The summed E-state index contributed by atoms with van der Waals surface area (Å²) in [5.74, 6) is 0.628. The van der Waals surface area contributed by atoms with Gasteiger partial charge < -0.3 is 10.2 Å². The minimum Gasteiger partial charge on any atom is -0.356 e. The largest absolute Gasteiger partial charge is 0.356 e. The molecule has 2 amide bonds. The van der Waals surface area contributed by atoms with Crippen molar-refractivity contribution in [3.8, 4) is 0 Å². The molecule has 4 heteroatoms. The van der Waals surface area contributed by atoms with Gasteiger partial charge in [-0.3, -0.25) is 9.59 Å². The third kappa shape index (κ3) is 3.83. The number of amides is 2. The molecule has 0 aliphatic carbocycles. The Morgan fingerprint density at radius 3 is 2.45 bits per heavy atom. The van der Waals surface area contributed by atoms with Crippen LogP contribution in [0.25, 0.3) is 0 Å². The van der Waals surface area contributed by atoms with Crippen LogP contribution in [0.1, 0.15) is 36.5 Å². The number of hydrogen-bond acceptors (Lipinski definition) is 2. The zero-order valence-electron chi connectivity index (χ0n) is 12.0. The summed E-state index contributed by atoms with van der Waals surface area (Å²) < 4.78 is 0. The van der Waals surface area contributed by atoms with E-state index >= 15 is 0 Å². The first-order valence-electron chi connectivity index (χ1n) is 7.31. The van der Waals surface area contributed by atoms with E-state index < -0.39 is 0 Å². The topological polar surface area (TPSA) is 49.4 Å². The van der Waals surface area contributed by atoms with Crippen molar-refractivity contribution in [2.24, 2.45) is 5.92 Å². The van der Waals surface area contributed by atoms with Crippen LogP contribution in [0.3, 0.4) is 0 Å². The van der Waals surface area contributed by atoms with Crippen LogP contribution in [0.15, 0.2) is 30.3 Å². The third-order valence-corrected chi connectivity index (χ3v) is 3.77. The molecule has 1 aromatic carbocycles. The van der Waals surface area contributed by atoms with E-state index in [9.17, 15) is 9.59 Å². The molecule has 1 N–H and O–H groups in total. The van der Waals surface area contributed by atoms with Crippen molar-refractivity contribution < 1.29 is 9.59 Å². The lowest BCUT2D eigenvalue weighted by Gasteiger charge is -2.31. The van der Waals surface area contributed by atoms with Gasteiger partial charge in [-0.2, -0.15) is 0 Å². The molecule has 0 unspecified atom stereocenters. The highest BCUT2D eigenvalue weighted by Crippen LogP contribution is 2.21. The van der Waals surface area contributed by atoms with Crippen molar-refractivity contribution in [1.82, 2.24) is 10.2 Å². The van der Waals surface area contributed by atoms with Crippen molar-refractivity contribution in [3.05, 3.63) is 35.9 Å². The van der Waals surface area contributed by atoms with Crippen LogP contribution >= 0.6 is 0 Å². The van der Waals surface area contributed by atoms with Gasteiger partial charge in [0.1, 0.15) is 0 Å². The molecule has 20 heavy (non-hydrogen) atoms. The number of carbonyl (C=O) groups excluding carboxylic acids is 2. The van der Waals surface area contributed by atoms with Crippen LogP contribution in [-0.2, 0) is 4.79 Å². The highest BCUT2D eigenvalue weighted by Gasteiger charge is 2.24. The lowest BCUT2D eigenvalue weighted by Crippen LogP contribution is -2.39. The first kappa shape index (κ1) is 14.6. The number of hydrogen-bond donors (Lipinski definition) is 1. The molecule has 4 nitrogen and oxygen atoms in total. The maximum absolute atomic E-state index is 12.3. The Morgan fingerprint density at radius 2 is 1.85 bits per heavy atom. The minimum atomic E-state index is 0.0991. The summed E-state index contributed by atoms with van der Waals surface area (Å²) in [5.41, 5.74) is 0.745. The molecule has 1 aliphatic rings. The lowest BCUT2D eigenvalue weighted by molar-refractivity contribution is -0.122. The number of nitrogens with one attached hydrogen (secondary N) is 1. The fourth-order valence-electron chi connectivity index (χ4n) is 2.64. The summed E-state index contributed by atoms with van der Waals surface area (Å²) in [6.45, 7) is 4.11. The first-order chi connectivity index (χ1) is 9.70. The summed E-state index contributed by atoms with van der Waals surface area (Å²) in [5, 5.41) is 2.83. The van der Waals surface area contributed by atoms with Crippen molar-refractivity contribution in [2.45, 2.75) is 26.2 Å². The van der Waals surface area contributed by atoms with E-state index in [1.54, 1.807) is 0 Å². The van der Waals surface area contributed by atoms with E-state index in [0.717, 1.165) is 31.5 Å². The van der Waals surface area contributed by atoms with Gasteiger partial charge in [0.25, 0.3) is 5.91 Å². The second-order valence-electron chi connectivity index (χ2n) is 5.26. The van der Waals surface area contributed by atoms with E-state index in [1.165, 1.54) is 0 Å². The molecule has 0 atom stereocenters.